The van der Waals surface area contributed by atoms with Crippen molar-refractivity contribution in [3.05, 3.63) is 216 Å². The third kappa shape index (κ3) is 4.95. The van der Waals surface area contributed by atoms with Crippen LogP contribution in [0.3, 0.4) is 0 Å². The van der Waals surface area contributed by atoms with Gasteiger partial charge >= 0.3 is 0 Å². The first-order chi connectivity index (χ1) is 28.5. The van der Waals surface area contributed by atoms with Gasteiger partial charge in [-0.1, -0.05) is 172 Å². The second kappa shape index (κ2) is 12.5. The van der Waals surface area contributed by atoms with Crippen LogP contribution in [-0.2, 0) is 11.8 Å². The van der Waals surface area contributed by atoms with Crippen LogP contribution >= 0.6 is 0 Å². The smallest absolute Gasteiger partial charge is 0.0159 e. The Kier molecular flexibility index (Phi) is 7.14. The van der Waals surface area contributed by atoms with Gasteiger partial charge in [0.1, 0.15) is 0 Å². The standard InChI is InChI=1S/C58H40/c1-58(2)54-28-27-41(34-52(54)53-33-38-13-3-4-14-39(38)35-55(53)58)37-17-12-19-45(30-37)57-49-23-9-7-21-47(49)56(48-22-8-10-24-50(48)57)44-18-11-16-36(29-44)40-25-26-43-31-42-15-5-6-20-46(42)51(43)32-40/h3-30,32-35H,31H2,1-2H3. The number of hydrogen-bond donors (Lipinski definition) is 0. The molecule has 0 atom stereocenters. The highest BCUT2D eigenvalue weighted by Crippen LogP contribution is 2.51. The first kappa shape index (κ1) is 33.2. The van der Waals surface area contributed by atoms with Crippen LogP contribution < -0.4 is 0 Å². The highest BCUT2D eigenvalue weighted by atomic mass is 14.4. The van der Waals surface area contributed by atoms with E-state index in [0.717, 1.165) is 6.42 Å². The molecule has 0 N–H and O–H groups in total. The monoisotopic (exact) mass is 736 g/mol. The fraction of sp³-hybridized carbons (Fsp3) is 0.0690. The fourth-order valence-electron chi connectivity index (χ4n) is 10.4. The first-order valence-electron chi connectivity index (χ1n) is 20.5. The Bertz CT molecular complexity index is 3280. The van der Waals surface area contributed by atoms with Gasteiger partial charge in [-0.05, 0) is 164 Å². The minimum absolute atomic E-state index is 0.0541. The van der Waals surface area contributed by atoms with Crippen LogP contribution in [0.4, 0.5) is 0 Å². The largest absolute Gasteiger partial charge is 0.0619 e. The van der Waals surface area contributed by atoms with Crippen molar-refractivity contribution < 1.29 is 0 Å². The van der Waals surface area contributed by atoms with Gasteiger partial charge in [0.25, 0.3) is 0 Å². The van der Waals surface area contributed by atoms with Crippen LogP contribution in [0.1, 0.15) is 36.1 Å². The van der Waals surface area contributed by atoms with E-state index in [1.807, 2.05) is 0 Å². The number of rotatable bonds is 4. The summed E-state index contributed by atoms with van der Waals surface area (Å²) < 4.78 is 0. The van der Waals surface area contributed by atoms with Gasteiger partial charge in [-0.15, -0.1) is 0 Å². The summed E-state index contributed by atoms with van der Waals surface area (Å²) in [6.07, 6.45) is 1.01. The molecule has 0 bridgehead atoms. The lowest BCUT2D eigenvalue weighted by atomic mass is 9.81. The molecule has 10 aromatic carbocycles. The van der Waals surface area contributed by atoms with Gasteiger partial charge in [0, 0.05) is 5.41 Å². The Balaban J connectivity index is 0.992. The van der Waals surface area contributed by atoms with Crippen LogP contribution in [0.15, 0.2) is 194 Å². The molecule has 0 amide bonds. The van der Waals surface area contributed by atoms with E-state index in [9.17, 15) is 0 Å². The molecule has 0 spiro atoms. The highest BCUT2D eigenvalue weighted by Gasteiger charge is 2.36. The summed E-state index contributed by atoms with van der Waals surface area (Å²) in [5.41, 5.74) is 21.0. The molecule has 0 saturated heterocycles. The average molecular weight is 737 g/mol. The molecule has 0 aromatic heterocycles. The number of benzene rings is 10. The van der Waals surface area contributed by atoms with E-state index in [0.29, 0.717) is 0 Å². The second-order valence-electron chi connectivity index (χ2n) is 16.8. The maximum atomic E-state index is 2.43. The minimum atomic E-state index is -0.0541. The van der Waals surface area contributed by atoms with Crippen molar-refractivity contribution in [3.8, 4) is 66.8 Å². The van der Waals surface area contributed by atoms with Gasteiger partial charge in [-0.3, -0.25) is 0 Å². The summed E-state index contributed by atoms with van der Waals surface area (Å²) in [7, 11) is 0. The molecule has 0 nitrogen and oxygen atoms in total. The molecule has 0 radical (unpaired) electrons. The highest BCUT2D eigenvalue weighted by molar-refractivity contribution is 6.21. The molecule has 0 aliphatic heterocycles. The Morgan fingerprint density at radius 3 is 1.41 bits per heavy atom. The topological polar surface area (TPSA) is 0 Å². The molecule has 58 heavy (non-hydrogen) atoms. The molecule has 2 aliphatic rings. The van der Waals surface area contributed by atoms with Crippen molar-refractivity contribution in [2.75, 3.05) is 0 Å². The molecule has 0 unspecified atom stereocenters. The zero-order chi connectivity index (χ0) is 38.5. The van der Waals surface area contributed by atoms with E-state index in [-0.39, 0.29) is 5.41 Å². The Labute approximate surface area is 339 Å². The van der Waals surface area contributed by atoms with Gasteiger partial charge in [-0.25, -0.2) is 0 Å². The van der Waals surface area contributed by atoms with Gasteiger partial charge in [-0.2, -0.15) is 0 Å². The van der Waals surface area contributed by atoms with Gasteiger partial charge in [0.2, 0.25) is 0 Å². The first-order valence-corrected chi connectivity index (χ1v) is 20.5. The SMILES string of the molecule is CC1(C)c2ccc(-c3cccc(-c4c5ccccc5c(-c5cccc(-c6ccc7c(c6)-c6ccccc6C7)c5)c5ccccc45)c3)cc2-c2cc3ccccc3cc21. The van der Waals surface area contributed by atoms with Gasteiger partial charge < -0.3 is 0 Å². The van der Waals surface area contributed by atoms with E-state index in [4.69, 9.17) is 0 Å². The third-order valence-corrected chi connectivity index (χ3v) is 13.2. The van der Waals surface area contributed by atoms with Crippen molar-refractivity contribution in [1.82, 2.24) is 0 Å². The van der Waals surface area contributed by atoms with E-state index < -0.39 is 0 Å². The van der Waals surface area contributed by atoms with E-state index >= 15 is 0 Å². The maximum absolute atomic E-state index is 2.43. The normalized spacial score (nSPS) is 13.4. The predicted octanol–water partition coefficient (Wildman–Crippen LogP) is 15.7. The summed E-state index contributed by atoms with van der Waals surface area (Å²) >= 11 is 0. The molecule has 10 aromatic rings. The fourth-order valence-corrected chi connectivity index (χ4v) is 10.4. The van der Waals surface area contributed by atoms with E-state index in [1.165, 1.54) is 121 Å². The van der Waals surface area contributed by atoms with E-state index in [2.05, 4.69) is 208 Å². The van der Waals surface area contributed by atoms with Crippen molar-refractivity contribution in [3.63, 3.8) is 0 Å². The lowest BCUT2D eigenvalue weighted by Gasteiger charge is -2.22. The molecule has 12 rings (SSSR count). The zero-order valence-electron chi connectivity index (χ0n) is 32.7. The summed E-state index contributed by atoms with van der Waals surface area (Å²) in [4.78, 5) is 0. The number of hydrogen-bond acceptors (Lipinski definition) is 0. The molecule has 0 saturated carbocycles. The van der Waals surface area contributed by atoms with Crippen molar-refractivity contribution >= 4 is 32.3 Å². The van der Waals surface area contributed by atoms with Gasteiger partial charge in [0.05, 0.1) is 0 Å². The maximum Gasteiger partial charge on any atom is 0.0159 e. The van der Waals surface area contributed by atoms with Crippen molar-refractivity contribution in [1.29, 1.82) is 0 Å². The van der Waals surface area contributed by atoms with Crippen molar-refractivity contribution in [2.45, 2.75) is 25.7 Å². The zero-order valence-corrected chi connectivity index (χ0v) is 32.7. The van der Waals surface area contributed by atoms with Crippen LogP contribution in [0.5, 0.6) is 0 Å². The minimum Gasteiger partial charge on any atom is -0.0619 e. The quantitative estimate of drug-likeness (QED) is 0.158. The molecule has 0 heteroatoms. The number of fused-ring (bicyclic) bond motifs is 9. The van der Waals surface area contributed by atoms with Crippen LogP contribution in [-0.4, -0.2) is 0 Å². The molecule has 2 aliphatic carbocycles. The Morgan fingerprint density at radius 1 is 0.310 bits per heavy atom. The third-order valence-electron chi connectivity index (χ3n) is 13.2. The molecule has 0 heterocycles. The van der Waals surface area contributed by atoms with Crippen LogP contribution in [0, 0.1) is 0 Å². The van der Waals surface area contributed by atoms with Crippen molar-refractivity contribution in [2.24, 2.45) is 0 Å². The molecule has 272 valence electrons. The van der Waals surface area contributed by atoms with Crippen LogP contribution in [0.25, 0.3) is 99.1 Å². The van der Waals surface area contributed by atoms with Crippen LogP contribution in [0.2, 0.25) is 0 Å². The summed E-state index contributed by atoms with van der Waals surface area (Å²) in [6.45, 7) is 4.74. The lowest BCUT2D eigenvalue weighted by molar-refractivity contribution is 0.661. The Hall–Kier alpha value is -7.02. The molecular weight excluding hydrogens is 697 g/mol. The lowest BCUT2D eigenvalue weighted by Crippen LogP contribution is -2.14. The van der Waals surface area contributed by atoms with E-state index in [1.54, 1.807) is 0 Å². The van der Waals surface area contributed by atoms with Gasteiger partial charge in [0.15, 0.2) is 0 Å². The molecule has 0 fully saturated rings. The summed E-state index contributed by atoms with van der Waals surface area (Å²) in [5, 5.41) is 7.67. The summed E-state index contributed by atoms with van der Waals surface area (Å²) in [6, 6.07) is 73.0. The Morgan fingerprint density at radius 2 is 0.776 bits per heavy atom. The predicted molar refractivity (Wildman–Crippen MR) is 247 cm³/mol. The summed E-state index contributed by atoms with van der Waals surface area (Å²) in [5.74, 6) is 0. The molecular formula is C58H40. The second-order valence-corrected chi connectivity index (χ2v) is 16.8. The average Bonchev–Trinajstić information content (AvgIpc) is 3.75.